The summed E-state index contributed by atoms with van der Waals surface area (Å²) in [5, 5.41) is 9.05. The monoisotopic (exact) mass is 333 g/mol. The summed E-state index contributed by atoms with van der Waals surface area (Å²) in [4.78, 5) is 31.6. The van der Waals surface area contributed by atoms with E-state index in [0.29, 0.717) is 39.2 Å². The molecule has 3 rings (SSSR count). The Kier molecular flexibility index (Phi) is 4.45. The number of hydrogen-bond donors (Lipinski definition) is 1. The average molecular weight is 333 g/mol. The van der Waals surface area contributed by atoms with Crippen LogP contribution in [0, 0.1) is 19.8 Å². The van der Waals surface area contributed by atoms with Crippen LogP contribution in [-0.4, -0.2) is 52.1 Å². The normalized spacial score (nSPS) is 19.7. The second kappa shape index (κ2) is 6.39. The van der Waals surface area contributed by atoms with Crippen molar-refractivity contribution in [3.05, 3.63) is 28.1 Å². The van der Waals surface area contributed by atoms with Gasteiger partial charge in [0, 0.05) is 26.7 Å². The maximum atomic E-state index is 12.7. The van der Waals surface area contributed by atoms with Crippen LogP contribution in [0.1, 0.15) is 34.5 Å². The van der Waals surface area contributed by atoms with E-state index in [1.54, 1.807) is 12.0 Å². The molecule has 130 valence electrons. The van der Waals surface area contributed by atoms with Crippen molar-refractivity contribution < 1.29 is 19.4 Å². The van der Waals surface area contributed by atoms with Gasteiger partial charge in [-0.25, -0.2) is 4.79 Å². The number of fused-ring (bicyclic) bond motifs is 1. The third-order valence-corrected chi connectivity index (χ3v) is 5.16. The van der Waals surface area contributed by atoms with E-state index >= 15 is 0 Å². The van der Waals surface area contributed by atoms with E-state index < -0.39 is 6.09 Å². The summed E-state index contributed by atoms with van der Waals surface area (Å²) in [6.45, 7) is 6.33. The molecule has 0 unspecified atom stereocenters. The number of methoxy groups -OCH3 is 1. The highest BCUT2D eigenvalue weighted by molar-refractivity contribution is 5.81. The average Bonchev–Trinajstić information content (AvgIpc) is 3.19. The highest BCUT2D eigenvalue weighted by Gasteiger charge is 2.36. The summed E-state index contributed by atoms with van der Waals surface area (Å²) >= 11 is 0. The molecule has 0 spiro atoms. The number of nitrogens with zero attached hydrogens (tertiary/aromatic N) is 3. The SMILES string of the molecule is COCc1nc2c(c(C)c1C)CN(C(=O)[C@@H]1CCN(C(=O)O)C1)C2. The van der Waals surface area contributed by atoms with Gasteiger partial charge in [-0.2, -0.15) is 0 Å². The number of rotatable bonds is 3. The first-order chi connectivity index (χ1) is 11.4. The molecule has 7 heteroatoms. The quantitative estimate of drug-likeness (QED) is 0.910. The van der Waals surface area contributed by atoms with Crippen molar-refractivity contribution in [2.45, 2.75) is 40.0 Å². The second-order valence-electron chi connectivity index (χ2n) is 6.58. The molecule has 1 aromatic rings. The number of carbonyl (C=O) groups is 2. The summed E-state index contributed by atoms with van der Waals surface area (Å²) in [7, 11) is 1.65. The van der Waals surface area contributed by atoms with Gasteiger partial charge in [-0.1, -0.05) is 0 Å². The van der Waals surface area contributed by atoms with Crippen LogP contribution >= 0.6 is 0 Å². The van der Waals surface area contributed by atoms with E-state index in [-0.39, 0.29) is 11.8 Å². The first kappa shape index (κ1) is 16.7. The minimum atomic E-state index is -0.952. The fraction of sp³-hybridized carbons (Fsp3) is 0.588. The second-order valence-corrected chi connectivity index (χ2v) is 6.58. The molecule has 1 N–H and O–H groups in total. The number of ether oxygens (including phenoxy) is 1. The van der Waals surface area contributed by atoms with Gasteiger partial charge in [0.25, 0.3) is 0 Å². The van der Waals surface area contributed by atoms with Crippen LogP contribution in [0.3, 0.4) is 0 Å². The van der Waals surface area contributed by atoms with E-state index in [1.807, 2.05) is 6.92 Å². The van der Waals surface area contributed by atoms with E-state index in [9.17, 15) is 9.59 Å². The third-order valence-electron chi connectivity index (χ3n) is 5.16. The lowest BCUT2D eigenvalue weighted by molar-refractivity contribution is -0.135. The molecule has 7 nitrogen and oxygen atoms in total. The topological polar surface area (TPSA) is 83.0 Å². The lowest BCUT2D eigenvalue weighted by Gasteiger charge is -2.19. The standard InChI is InChI=1S/C17H23N3O4/c1-10-11(2)15(9-24-3)18-14-8-20(7-13(10)14)16(21)12-4-5-19(6-12)17(22)23/h12H,4-9H2,1-3H3,(H,22,23)/t12-/m1/s1. The van der Waals surface area contributed by atoms with E-state index in [0.717, 1.165) is 22.5 Å². The molecule has 2 amide bonds. The van der Waals surface area contributed by atoms with Crippen molar-refractivity contribution in [2.75, 3.05) is 20.2 Å². The van der Waals surface area contributed by atoms with Crippen molar-refractivity contribution in [3.8, 4) is 0 Å². The van der Waals surface area contributed by atoms with Gasteiger partial charge in [-0.05, 0) is 37.0 Å². The van der Waals surface area contributed by atoms with Crippen LogP contribution in [0.2, 0.25) is 0 Å². The van der Waals surface area contributed by atoms with Crippen molar-refractivity contribution in [1.82, 2.24) is 14.8 Å². The third kappa shape index (κ3) is 2.84. The molecule has 0 aromatic carbocycles. The molecule has 0 aliphatic carbocycles. The maximum Gasteiger partial charge on any atom is 0.407 e. The maximum absolute atomic E-state index is 12.7. The summed E-state index contributed by atoms with van der Waals surface area (Å²) in [5.74, 6) is -0.211. The molecule has 1 saturated heterocycles. The van der Waals surface area contributed by atoms with Gasteiger partial charge < -0.3 is 19.6 Å². The fourth-order valence-corrected chi connectivity index (χ4v) is 3.57. The lowest BCUT2D eigenvalue weighted by atomic mass is 10.0. The zero-order valence-electron chi connectivity index (χ0n) is 14.3. The molecule has 2 aliphatic rings. The van der Waals surface area contributed by atoms with Crippen LogP contribution in [0.5, 0.6) is 0 Å². The first-order valence-electron chi connectivity index (χ1n) is 8.15. The number of pyridine rings is 1. The van der Waals surface area contributed by atoms with Gasteiger partial charge in [-0.15, -0.1) is 0 Å². The Hall–Kier alpha value is -2.15. The largest absolute Gasteiger partial charge is 0.465 e. The highest BCUT2D eigenvalue weighted by Crippen LogP contribution is 2.30. The Morgan fingerprint density at radius 2 is 2.00 bits per heavy atom. The summed E-state index contributed by atoms with van der Waals surface area (Å²) in [5.41, 5.74) is 5.25. The molecule has 0 saturated carbocycles. The molecule has 1 atom stereocenters. The minimum absolute atomic E-state index is 0.0297. The Morgan fingerprint density at radius 3 is 2.62 bits per heavy atom. The molecule has 3 heterocycles. The van der Waals surface area contributed by atoms with Crippen LogP contribution in [0.25, 0.3) is 0 Å². The molecule has 24 heavy (non-hydrogen) atoms. The Balaban J connectivity index is 1.75. The zero-order chi connectivity index (χ0) is 17.4. The number of carbonyl (C=O) groups excluding carboxylic acids is 1. The Morgan fingerprint density at radius 1 is 1.25 bits per heavy atom. The fourth-order valence-electron chi connectivity index (χ4n) is 3.57. The van der Waals surface area contributed by atoms with Gasteiger partial charge in [0.2, 0.25) is 5.91 Å². The number of carboxylic acid groups (broad SMARTS) is 1. The van der Waals surface area contributed by atoms with Crippen molar-refractivity contribution in [2.24, 2.45) is 5.92 Å². The summed E-state index contributed by atoms with van der Waals surface area (Å²) in [6.07, 6.45) is -0.356. The molecule has 0 radical (unpaired) electrons. The van der Waals surface area contributed by atoms with Crippen LogP contribution < -0.4 is 0 Å². The van der Waals surface area contributed by atoms with Crippen molar-refractivity contribution >= 4 is 12.0 Å². The van der Waals surface area contributed by atoms with Gasteiger partial charge >= 0.3 is 6.09 Å². The molecular weight excluding hydrogens is 310 g/mol. The van der Waals surface area contributed by atoms with Gasteiger partial charge in [0.05, 0.1) is 30.5 Å². The molecular formula is C17H23N3O4. The number of amides is 2. The Bertz CT molecular complexity index is 689. The molecule has 2 aliphatic heterocycles. The molecule has 1 aromatic heterocycles. The van der Waals surface area contributed by atoms with Gasteiger partial charge in [-0.3, -0.25) is 9.78 Å². The van der Waals surface area contributed by atoms with Crippen LogP contribution in [-0.2, 0) is 29.2 Å². The lowest BCUT2D eigenvalue weighted by Crippen LogP contribution is -2.35. The number of likely N-dealkylation sites (tertiary alicyclic amines) is 1. The van der Waals surface area contributed by atoms with E-state index in [1.165, 1.54) is 10.5 Å². The minimum Gasteiger partial charge on any atom is -0.465 e. The van der Waals surface area contributed by atoms with E-state index in [2.05, 4.69) is 11.9 Å². The number of aromatic nitrogens is 1. The van der Waals surface area contributed by atoms with Crippen LogP contribution in [0.15, 0.2) is 0 Å². The Labute approximate surface area is 141 Å². The summed E-state index contributed by atoms with van der Waals surface area (Å²) in [6, 6.07) is 0. The predicted octanol–water partition coefficient (Wildman–Crippen LogP) is 1.69. The van der Waals surface area contributed by atoms with Crippen molar-refractivity contribution in [3.63, 3.8) is 0 Å². The van der Waals surface area contributed by atoms with E-state index in [4.69, 9.17) is 9.84 Å². The molecule has 0 bridgehead atoms. The molecule has 1 fully saturated rings. The smallest absolute Gasteiger partial charge is 0.407 e. The van der Waals surface area contributed by atoms with Gasteiger partial charge in [0.1, 0.15) is 0 Å². The van der Waals surface area contributed by atoms with Crippen molar-refractivity contribution in [1.29, 1.82) is 0 Å². The predicted molar refractivity (Wildman–Crippen MR) is 86.4 cm³/mol. The zero-order valence-corrected chi connectivity index (χ0v) is 14.3. The highest BCUT2D eigenvalue weighted by atomic mass is 16.5. The number of hydrogen-bond acceptors (Lipinski definition) is 4. The summed E-state index contributed by atoms with van der Waals surface area (Å²) < 4.78 is 5.21. The van der Waals surface area contributed by atoms with Crippen LogP contribution in [0.4, 0.5) is 4.79 Å². The van der Waals surface area contributed by atoms with Gasteiger partial charge in [0.15, 0.2) is 0 Å². The first-order valence-corrected chi connectivity index (χ1v) is 8.15.